The van der Waals surface area contributed by atoms with Crippen molar-refractivity contribution in [1.29, 1.82) is 0 Å². The summed E-state index contributed by atoms with van der Waals surface area (Å²) in [5.74, 6) is 0.508. The van der Waals surface area contributed by atoms with E-state index in [-0.39, 0.29) is 0 Å². The number of hydrogen-bond donors (Lipinski definition) is 1. The lowest BCUT2D eigenvalue weighted by Gasteiger charge is -2.06. The molecule has 2 aromatic heterocycles. The molecular weight excluding hydrogens is 236 g/mol. The molecule has 0 saturated carbocycles. The molecule has 0 aliphatic rings. The van der Waals surface area contributed by atoms with Crippen molar-refractivity contribution in [3.63, 3.8) is 0 Å². The number of hydrogen-bond acceptors (Lipinski definition) is 3. The second kappa shape index (κ2) is 4.72. The number of anilines is 1. The number of nitrogens with two attached hydrogens (primary N) is 1. The van der Waals surface area contributed by atoms with Crippen molar-refractivity contribution < 1.29 is 0 Å². The first kappa shape index (κ1) is 11.7. The fourth-order valence-corrected chi connectivity index (χ4v) is 2.19. The highest BCUT2D eigenvalue weighted by Gasteiger charge is 2.08. The number of fused-ring (bicyclic) bond motifs is 1. The number of nitrogens with zero attached hydrogens (tertiary/aromatic N) is 3. The Hall–Kier alpha value is -2.36. The zero-order valence-corrected chi connectivity index (χ0v) is 10.9. The van der Waals surface area contributed by atoms with Crippen molar-refractivity contribution >= 4 is 17.1 Å². The number of rotatable bonds is 3. The molecule has 3 aromatic rings. The Morgan fingerprint density at radius 1 is 1.11 bits per heavy atom. The predicted octanol–water partition coefficient (Wildman–Crippen LogP) is 2.62. The van der Waals surface area contributed by atoms with Gasteiger partial charge >= 0.3 is 0 Å². The van der Waals surface area contributed by atoms with Gasteiger partial charge in [-0.2, -0.15) is 0 Å². The van der Waals surface area contributed by atoms with Crippen LogP contribution in [0.3, 0.4) is 0 Å². The highest BCUT2D eigenvalue weighted by Crippen LogP contribution is 2.17. The van der Waals surface area contributed by atoms with Gasteiger partial charge < -0.3 is 5.73 Å². The van der Waals surface area contributed by atoms with Crippen molar-refractivity contribution in [2.45, 2.75) is 19.9 Å². The summed E-state index contributed by atoms with van der Waals surface area (Å²) in [6.45, 7) is 2.85. The number of aryl methyl sites for hydroxylation is 1. The summed E-state index contributed by atoms with van der Waals surface area (Å²) < 4.78 is 1.94. The molecule has 2 heterocycles. The smallest absolute Gasteiger partial charge is 0.202 e. The van der Waals surface area contributed by atoms with Gasteiger partial charge in [0.15, 0.2) is 5.65 Å². The topological polar surface area (TPSA) is 56.7 Å². The number of nitrogen functional groups attached to an aromatic ring is 1. The van der Waals surface area contributed by atoms with Gasteiger partial charge in [-0.3, -0.25) is 4.57 Å². The first-order valence-electron chi connectivity index (χ1n) is 6.42. The molecule has 0 aliphatic carbocycles. The van der Waals surface area contributed by atoms with Crippen LogP contribution in [0.2, 0.25) is 0 Å². The van der Waals surface area contributed by atoms with Crippen molar-refractivity contribution in [1.82, 2.24) is 14.5 Å². The third-order valence-corrected chi connectivity index (χ3v) is 3.31. The molecule has 0 unspecified atom stereocenters. The summed E-state index contributed by atoms with van der Waals surface area (Å²) in [5, 5.41) is 0. The van der Waals surface area contributed by atoms with Gasteiger partial charge in [-0.05, 0) is 29.7 Å². The van der Waals surface area contributed by atoms with Crippen molar-refractivity contribution in [2.75, 3.05) is 5.73 Å². The average molecular weight is 252 g/mol. The van der Waals surface area contributed by atoms with E-state index in [1.807, 2.05) is 16.7 Å². The molecule has 19 heavy (non-hydrogen) atoms. The van der Waals surface area contributed by atoms with Crippen LogP contribution in [0, 0.1) is 0 Å². The third-order valence-electron chi connectivity index (χ3n) is 3.31. The van der Waals surface area contributed by atoms with Crippen LogP contribution in [0.1, 0.15) is 18.1 Å². The molecule has 0 spiro atoms. The SMILES string of the molecule is CCc1ccc(Cn2c(N)nc3cccnc32)cc1. The Morgan fingerprint density at radius 2 is 1.84 bits per heavy atom. The maximum absolute atomic E-state index is 5.97. The molecule has 0 aliphatic heterocycles. The molecule has 96 valence electrons. The summed E-state index contributed by atoms with van der Waals surface area (Å²) in [5.41, 5.74) is 10.2. The lowest BCUT2D eigenvalue weighted by atomic mass is 10.1. The van der Waals surface area contributed by atoms with Crippen LogP contribution in [0.5, 0.6) is 0 Å². The molecule has 4 nitrogen and oxygen atoms in total. The number of aromatic nitrogens is 3. The summed E-state index contributed by atoms with van der Waals surface area (Å²) in [6.07, 6.45) is 2.82. The fraction of sp³-hybridized carbons (Fsp3) is 0.200. The van der Waals surface area contributed by atoms with Crippen LogP contribution in [0.25, 0.3) is 11.2 Å². The number of pyridine rings is 1. The molecule has 2 N–H and O–H groups in total. The van der Waals surface area contributed by atoms with Gasteiger partial charge in [0.25, 0.3) is 0 Å². The van der Waals surface area contributed by atoms with Gasteiger partial charge in [-0.15, -0.1) is 0 Å². The second-order valence-electron chi connectivity index (χ2n) is 4.57. The van der Waals surface area contributed by atoms with E-state index >= 15 is 0 Å². The van der Waals surface area contributed by atoms with Gasteiger partial charge in [0, 0.05) is 6.20 Å². The Balaban J connectivity index is 1.98. The zero-order chi connectivity index (χ0) is 13.2. The maximum Gasteiger partial charge on any atom is 0.202 e. The Bertz CT molecular complexity index is 698. The van der Waals surface area contributed by atoms with E-state index in [0.717, 1.165) is 17.6 Å². The third kappa shape index (κ3) is 2.17. The average Bonchev–Trinajstić information content (AvgIpc) is 2.76. The summed E-state index contributed by atoms with van der Waals surface area (Å²) in [4.78, 5) is 8.67. The lowest BCUT2D eigenvalue weighted by Crippen LogP contribution is -2.05. The molecule has 0 fully saturated rings. The Kier molecular flexibility index (Phi) is 2.91. The largest absolute Gasteiger partial charge is 0.369 e. The molecule has 0 radical (unpaired) electrons. The highest BCUT2D eigenvalue weighted by molar-refractivity contribution is 5.73. The zero-order valence-electron chi connectivity index (χ0n) is 10.9. The van der Waals surface area contributed by atoms with Gasteiger partial charge in [-0.1, -0.05) is 31.2 Å². The number of benzene rings is 1. The Labute approximate surface area is 111 Å². The van der Waals surface area contributed by atoms with Crippen LogP contribution in [-0.4, -0.2) is 14.5 Å². The van der Waals surface area contributed by atoms with Gasteiger partial charge in [0.2, 0.25) is 5.95 Å². The lowest BCUT2D eigenvalue weighted by molar-refractivity contribution is 0.827. The first-order valence-corrected chi connectivity index (χ1v) is 6.42. The van der Waals surface area contributed by atoms with E-state index in [0.29, 0.717) is 12.5 Å². The Morgan fingerprint density at radius 3 is 2.58 bits per heavy atom. The minimum atomic E-state index is 0.508. The molecule has 1 aromatic carbocycles. The molecule has 0 amide bonds. The van der Waals surface area contributed by atoms with Crippen LogP contribution in [-0.2, 0) is 13.0 Å². The highest BCUT2D eigenvalue weighted by atomic mass is 15.2. The van der Waals surface area contributed by atoms with Crippen LogP contribution in [0.4, 0.5) is 5.95 Å². The molecule has 4 heteroatoms. The fourth-order valence-electron chi connectivity index (χ4n) is 2.19. The van der Waals surface area contributed by atoms with Crippen molar-refractivity contribution in [3.05, 3.63) is 53.7 Å². The predicted molar refractivity (Wildman–Crippen MR) is 76.9 cm³/mol. The van der Waals surface area contributed by atoms with E-state index in [1.54, 1.807) is 6.20 Å². The first-order chi connectivity index (χ1) is 9.28. The van der Waals surface area contributed by atoms with E-state index in [9.17, 15) is 0 Å². The van der Waals surface area contributed by atoms with Gasteiger partial charge in [0.1, 0.15) is 5.52 Å². The summed E-state index contributed by atoms with van der Waals surface area (Å²) >= 11 is 0. The molecule has 0 bridgehead atoms. The van der Waals surface area contributed by atoms with Crippen LogP contribution in [0.15, 0.2) is 42.6 Å². The molecule has 0 atom stereocenters. The summed E-state index contributed by atoms with van der Waals surface area (Å²) in [6, 6.07) is 12.4. The quantitative estimate of drug-likeness (QED) is 0.779. The minimum Gasteiger partial charge on any atom is -0.369 e. The van der Waals surface area contributed by atoms with E-state index < -0.39 is 0 Å². The summed E-state index contributed by atoms with van der Waals surface area (Å²) in [7, 11) is 0. The van der Waals surface area contributed by atoms with Crippen LogP contribution < -0.4 is 5.73 Å². The van der Waals surface area contributed by atoms with Crippen molar-refractivity contribution in [2.24, 2.45) is 0 Å². The van der Waals surface area contributed by atoms with Gasteiger partial charge in [0.05, 0.1) is 6.54 Å². The normalized spacial score (nSPS) is 11.0. The van der Waals surface area contributed by atoms with E-state index in [1.165, 1.54) is 11.1 Å². The molecule has 3 rings (SSSR count). The van der Waals surface area contributed by atoms with E-state index in [4.69, 9.17) is 5.73 Å². The maximum atomic E-state index is 5.97. The molecular formula is C15H16N4. The standard InChI is InChI=1S/C15H16N4/c1-2-11-5-7-12(8-6-11)10-19-14-13(18-15(19)16)4-3-9-17-14/h3-9H,2,10H2,1H3,(H2,16,18). The second-order valence-corrected chi connectivity index (χ2v) is 4.57. The monoisotopic (exact) mass is 252 g/mol. The van der Waals surface area contributed by atoms with Gasteiger partial charge in [-0.25, -0.2) is 9.97 Å². The number of imidazole rings is 1. The molecule has 0 saturated heterocycles. The van der Waals surface area contributed by atoms with Crippen LogP contribution >= 0.6 is 0 Å². The van der Waals surface area contributed by atoms with E-state index in [2.05, 4.69) is 41.2 Å². The minimum absolute atomic E-state index is 0.508. The van der Waals surface area contributed by atoms with Crippen molar-refractivity contribution in [3.8, 4) is 0 Å².